The molecule has 2 rings (SSSR count). The van der Waals surface area contributed by atoms with E-state index in [1.165, 1.54) is 31.2 Å². The fraction of sp³-hybridized carbons (Fsp3) is 0.600. The van der Waals surface area contributed by atoms with Gasteiger partial charge in [-0.1, -0.05) is 50.8 Å². The second-order valence-electron chi connectivity index (χ2n) is 5.12. The predicted molar refractivity (Wildman–Crippen MR) is 86.5 cm³/mol. The molecule has 2 nitrogen and oxygen atoms in total. The Morgan fingerprint density at radius 3 is 2.74 bits per heavy atom. The molecule has 0 aliphatic heterocycles. The summed E-state index contributed by atoms with van der Waals surface area (Å²) in [6, 6.07) is 6.63. The Bertz CT molecular complexity index is 405. The Morgan fingerprint density at radius 2 is 2.05 bits per heavy atom. The predicted octanol–water partition coefficient (Wildman–Crippen LogP) is 4.82. The molecule has 1 N–H and O–H groups in total. The molecule has 0 aromatic heterocycles. The van der Waals surface area contributed by atoms with Gasteiger partial charge in [-0.15, -0.1) is 0 Å². The summed E-state index contributed by atoms with van der Waals surface area (Å²) in [7, 11) is 0. The third-order valence-corrected chi connectivity index (χ3v) is 4.82. The van der Waals surface area contributed by atoms with Gasteiger partial charge in [0, 0.05) is 21.5 Å². The quantitative estimate of drug-likeness (QED) is 0.703. The molecule has 106 valence electrons. The minimum atomic E-state index is 0.328. The molecule has 1 fully saturated rings. The number of hydrogen-bond donors (Lipinski definition) is 1. The molecule has 1 atom stereocenters. The maximum atomic E-state index is 5.86. The lowest BCUT2D eigenvalue weighted by Gasteiger charge is -2.17. The molecule has 1 unspecified atom stereocenters. The van der Waals surface area contributed by atoms with Gasteiger partial charge in [-0.05, 0) is 37.5 Å². The Hall–Kier alpha value is 0.1000. The van der Waals surface area contributed by atoms with E-state index in [0.29, 0.717) is 12.1 Å². The van der Waals surface area contributed by atoms with E-state index in [9.17, 15) is 0 Å². The van der Waals surface area contributed by atoms with Crippen molar-refractivity contribution in [3.63, 3.8) is 0 Å². The number of ether oxygens (including phenoxy) is 1. The van der Waals surface area contributed by atoms with Gasteiger partial charge in [0.25, 0.3) is 0 Å². The summed E-state index contributed by atoms with van der Waals surface area (Å²) in [6.45, 7) is 3.90. The molecule has 0 bridgehead atoms. The van der Waals surface area contributed by atoms with Gasteiger partial charge in [0.05, 0.1) is 12.7 Å². The molecule has 1 aliphatic rings. The first-order valence-corrected chi connectivity index (χ1v) is 8.55. The number of nitrogens with one attached hydrogen (secondary N) is 1. The van der Waals surface area contributed by atoms with E-state index in [0.717, 1.165) is 22.1 Å². The number of hydrogen-bond acceptors (Lipinski definition) is 2. The lowest BCUT2D eigenvalue weighted by Crippen LogP contribution is -2.25. The van der Waals surface area contributed by atoms with E-state index in [2.05, 4.69) is 62.3 Å². The van der Waals surface area contributed by atoms with Crippen molar-refractivity contribution in [2.75, 3.05) is 13.2 Å². The molecule has 1 aromatic rings. The highest BCUT2D eigenvalue weighted by molar-refractivity contribution is 9.11. The molecule has 1 saturated carbocycles. The normalized spacial score (nSPS) is 17.8. The van der Waals surface area contributed by atoms with Crippen molar-refractivity contribution in [2.45, 2.75) is 44.8 Å². The molecule has 0 spiro atoms. The van der Waals surface area contributed by atoms with Crippen molar-refractivity contribution in [3.8, 4) is 0 Å². The van der Waals surface area contributed by atoms with Crippen molar-refractivity contribution in [2.24, 2.45) is 0 Å². The van der Waals surface area contributed by atoms with Crippen LogP contribution < -0.4 is 5.32 Å². The molecule has 19 heavy (non-hydrogen) atoms. The Morgan fingerprint density at radius 1 is 1.32 bits per heavy atom. The first-order chi connectivity index (χ1) is 9.16. The van der Waals surface area contributed by atoms with Gasteiger partial charge in [-0.25, -0.2) is 0 Å². The summed E-state index contributed by atoms with van der Waals surface area (Å²) in [5.41, 5.74) is 1.28. The summed E-state index contributed by atoms with van der Waals surface area (Å²) in [5, 5.41) is 3.51. The number of rotatable bonds is 6. The average molecular weight is 391 g/mol. The van der Waals surface area contributed by atoms with Gasteiger partial charge in [0.15, 0.2) is 0 Å². The molecule has 1 aromatic carbocycles. The van der Waals surface area contributed by atoms with E-state index >= 15 is 0 Å². The van der Waals surface area contributed by atoms with Gasteiger partial charge >= 0.3 is 0 Å². The third kappa shape index (κ3) is 4.85. The van der Waals surface area contributed by atoms with Gasteiger partial charge in [-0.2, -0.15) is 0 Å². The number of halogens is 2. The Labute approximate surface area is 132 Å². The van der Waals surface area contributed by atoms with Crippen molar-refractivity contribution in [1.29, 1.82) is 0 Å². The smallest absolute Gasteiger partial charge is 0.0594 e. The first kappa shape index (κ1) is 15.5. The topological polar surface area (TPSA) is 21.3 Å². The van der Waals surface area contributed by atoms with E-state index in [-0.39, 0.29) is 0 Å². The molecule has 0 radical (unpaired) electrons. The fourth-order valence-electron chi connectivity index (χ4n) is 2.52. The van der Waals surface area contributed by atoms with Crippen LogP contribution in [0.25, 0.3) is 0 Å². The lowest BCUT2D eigenvalue weighted by atomic mass is 10.1. The maximum Gasteiger partial charge on any atom is 0.0594 e. The number of benzene rings is 1. The molecule has 4 heteroatoms. The zero-order valence-electron chi connectivity index (χ0n) is 11.3. The van der Waals surface area contributed by atoms with Crippen LogP contribution in [0, 0.1) is 0 Å². The molecular formula is C15H21Br2NO. The van der Waals surface area contributed by atoms with Gasteiger partial charge in [0.2, 0.25) is 0 Å². The van der Waals surface area contributed by atoms with Crippen LogP contribution in [0.3, 0.4) is 0 Å². The minimum Gasteiger partial charge on any atom is -0.377 e. The van der Waals surface area contributed by atoms with Crippen molar-refractivity contribution >= 4 is 31.9 Å². The standard InChI is InChI=1S/C15H21Br2NO/c1-11(14-7-6-12(16)10-15(14)17)18-8-9-19-13-4-2-3-5-13/h6-7,10-11,13,18H,2-5,8-9H2,1H3. The summed E-state index contributed by atoms with van der Waals surface area (Å²) >= 11 is 7.09. The largest absolute Gasteiger partial charge is 0.377 e. The van der Waals surface area contributed by atoms with Crippen LogP contribution >= 0.6 is 31.9 Å². The van der Waals surface area contributed by atoms with E-state index in [4.69, 9.17) is 4.74 Å². The summed E-state index contributed by atoms with van der Waals surface area (Å²) in [6.07, 6.45) is 5.67. The monoisotopic (exact) mass is 389 g/mol. The summed E-state index contributed by atoms with van der Waals surface area (Å²) < 4.78 is 8.09. The van der Waals surface area contributed by atoms with Gasteiger partial charge in [-0.3, -0.25) is 0 Å². The van der Waals surface area contributed by atoms with Crippen molar-refractivity contribution in [1.82, 2.24) is 5.32 Å². The Balaban J connectivity index is 1.72. The Kier molecular flexibility index (Phi) is 6.33. The van der Waals surface area contributed by atoms with Gasteiger partial charge in [0.1, 0.15) is 0 Å². The maximum absolute atomic E-state index is 5.86. The van der Waals surface area contributed by atoms with E-state index < -0.39 is 0 Å². The molecular weight excluding hydrogens is 370 g/mol. The van der Waals surface area contributed by atoms with E-state index in [1.54, 1.807) is 0 Å². The van der Waals surface area contributed by atoms with Crippen LogP contribution in [0.5, 0.6) is 0 Å². The molecule has 0 heterocycles. The van der Waals surface area contributed by atoms with Crippen LogP contribution in [0.4, 0.5) is 0 Å². The second kappa shape index (κ2) is 7.77. The highest BCUT2D eigenvalue weighted by atomic mass is 79.9. The minimum absolute atomic E-state index is 0.328. The van der Waals surface area contributed by atoms with Crippen LogP contribution in [0.2, 0.25) is 0 Å². The van der Waals surface area contributed by atoms with Crippen LogP contribution in [0.1, 0.15) is 44.2 Å². The summed E-state index contributed by atoms with van der Waals surface area (Å²) in [5.74, 6) is 0. The fourth-order valence-corrected chi connectivity index (χ4v) is 3.91. The highest BCUT2D eigenvalue weighted by Gasteiger charge is 2.15. The SMILES string of the molecule is CC(NCCOC1CCCC1)c1ccc(Br)cc1Br. The lowest BCUT2D eigenvalue weighted by molar-refractivity contribution is 0.0593. The van der Waals surface area contributed by atoms with Crippen LogP contribution in [-0.4, -0.2) is 19.3 Å². The van der Waals surface area contributed by atoms with Crippen molar-refractivity contribution in [3.05, 3.63) is 32.7 Å². The highest BCUT2D eigenvalue weighted by Crippen LogP contribution is 2.26. The third-order valence-electron chi connectivity index (χ3n) is 3.64. The zero-order chi connectivity index (χ0) is 13.7. The van der Waals surface area contributed by atoms with Gasteiger partial charge < -0.3 is 10.1 Å². The van der Waals surface area contributed by atoms with Crippen LogP contribution in [-0.2, 0) is 4.74 Å². The van der Waals surface area contributed by atoms with Crippen molar-refractivity contribution < 1.29 is 4.74 Å². The summed E-state index contributed by atoms with van der Waals surface area (Å²) in [4.78, 5) is 0. The average Bonchev–Trinajstić information content (AvgIpc) is 2.87. The molecule has 1 aliphatic carbocycles. The molecule has 0 saturated heterocycles. The zero-order valence-corrected chi connectivity index (χ0v) is 14.5. The van der Waals surface area contributed by atoms with E-state index in [1.807, 2.05) is 0 Å². The second-order valence-corrected chi connectivity index (χ2v) is 6.89. The molecule has 0 amide bonds. The van der Waals surface area contributed by atoms with Crippen LogP contribution in [0.15, 0.2) is 27.1 Å². The first-order valence-electron chi connectivity index (χ1n) is 6.97.